The van der Waals surface area contributed by atoms with Gasteiger partial charge in [0.05, 0.1) is 0 Å². The van der Waals surface area contributed by atoms with Gasteiger partial charge in [-0.1, -0.05) is 12.8 Å². The van der Waals surface area contributed by atoms with Gasteiger partial charge in [-0.2, -0.15) is 0 Å². The highest BCUT2D eigenvalue weighted by atomic mass is 16.5. The Labute approximate surface area is 126 Å². The third-order valence-corrected chi connectivity index (χ3v) is 4.36. The molecule has 2 N–H and O–H groups in total. The Bertz CT molecular complexity index is 350. The molecule has 3 amide bonds. The lowest BCUT2D eigenvalue weighted by Gasteiger charge is -2.33. The van der Waals surface area contributed by atoms with Crippen molar-refractivity contribution in [2.45, 2.75) is 57.5 Å². The zero-order valence-electron chi connectivity index (χ0n) is 12.9. The van der Waals surface area contributed by atoms with Crippen molar-refractivity contribution in [1.29, 1.82) is 0 Å². The molecule has 0 bridgehead atoms. The molecule has 6 nitrogen and oxygen atoms in total. The molecule has 2 aliphatic rings. The van der Waals surface area contributed by atoms with E-state index >= 15 is 0 Å². The summed E-state index contributed by atoms with van der Waals surface area (Å²) in [6, 6.07) is 0.456. The summed E-state index contributed by atoms with van der Waals surface area (Å²) >= 11 is 0. The molecule has 0 radical (unpaired) electrons. The molecule has 2 rings (SSSR count). The fraction of sp³-hybridized carbons (Fsp3) is 0.867. The average molecular weight is 297 g/mol. The molecule has 0 spiro atoms. The number of urea groups is 1. The summed E-state index contributed by atoms with van der Waals surface area (Å²) in [5, 5.41) is 5.85. The molecule has 0 aromatic rings. The Kier molecular flexibility index (Phi) is 6.29. The van der Waals surface area contributed by atoms with Crippen molar-refractivity contribution in [1.82, 2.24) is 15.5 Å². The number of carbonyl (C=O) groups is 2. The van der Waals surface area contributed by atoms with Crippen molar-refractivity contribution in [3.63, 3.8) is 0 Å². The van der Waals surface area contributed by atoms with E-state index in [0.717, 1.165) is 25.7 Å². The largest absolute Gasteiger partial charge is 0.381 e. The first-order chi connectivity index (χ1) is 10.2. The molecule has 1 heterocycles. The van der Waals surface area contributed by atoms with E-state index in [-0.39, 0.29) is 18.0 Å². The number of hydrogen-bond acceptors (Lipinski definition) is 3. The van der Waals surface area contributed by atoms with Gasteiger partial charge >= 0.3 is 6.03 Å². The van der Waals surface area contributed by atoms with Gasteiger partial charge in [-0.15, -0.1) is 0 Å². The maximum absolute atomic E-state index is 11.8. The van der Waals surface area contributed by atoms with E-state index in [4.69, 9.17) is 4.74 Å². The van der Waals surface area contributed by atoms with Crippen LogP contribution in [0.15, 0.2) is 0 Å². The average Bonchev–Trinajstić information content (AvgIpc) is 2.97. The van der Waals surface area contributed by atoms with E-state index in [2.05, 4.69) is 10.6 Å². The minimum atomic E-state index is -0.114. The van der Waals surface area contributed by atoms with Gasteiger partial charge in [0.1, 0.15) is 0 Å². The first-order valence-corrected chi connectivity index (χ1v) is 8.06. The van der Waals surface area contributed by atoms with Crippen LogP contribution >= 0.6 is 0 Å². The minimum absolute atomic E-state index is 0.0694. The molecule has 2 fully saturated rings. The van der Waals surface area contributed by atoms with Crippen molar-refractivity contribution in [2.24, 2.45) is 0 Å². The van der Waals surface area contributed by atoms with Gasteiger partial charge in [0, 0.05) is 45.3 Å². The fourth-order valence-corrected chi connectivity index (χ4v) is 3.19. The van der Waals surface area contributed by atoms with Crippen LogP contribution in [0.3, 0.4) is 0 Å². The summed E-state index contributed by atoms with van der Waals surface area (Å²) in [6.45, 7) is 4.08. The fourth-order valence-electron chi connectivity index (χ4n) is 3.19. The molecule has 0 aromatic carbocycles. The van der Waals surface area contributed by atoms with Crippen molar-refractivity contribution < 1.29 is 14.3 Å². The predicted molar refractivity (Wildman–Crippen MR) is 80.0 cm³/mol. The zero-order chi connectivity index (χ0) is 15.1. The third-order valence-electron chi connectivity index (χ3n) is 4.36. The Morgan fingerprint density at radius 3 is 2.43 bits per heavy atom. The zero-order valence-corrected chi connectivity index (χ0v) is 12.9. The first kappa shape index (κ1) is 16.1. The van der Waals surface area contributed by atoms with Gasteiger partial charge in [0.15, 0.2) is 0 Å². The Morgan fingerprint density at radius 2 is 1.81 bits per heavy atom. The topological polar surface area (TPSA) is 70.7 Å². The quantitative estimate of drug-likeness (QED) is 0.802. The van der Waals surface area contributed by atoms with Crippen LogP contribution in [-0.4, -0.2) is 55.2 Å². The van der Waals surface area contributed by atoms with Crippen molar-refractivity contribution >= 4 is 11.9 Å². The molecule has 0 unspecified atom stereocenters. The highest BCUT2D eigenvalue weighted by Gasteiger charge is 2.23. The van der Waals surface area contributed by atoms with Crippen molar-refractivity contribution in [3.05, 3.63) is 0 Å². The summed E-state index contributed by atoms with van der Waals surface area (Å²) in [4.78, 5) is 25.4. The molecular formula is C15H27N3O3. The number of hydrogen-bond donors (Lipinski definition) is 2. The number of nitrogens with one attached hydrogen (secondary N) is 2. The van der Waals surface area contributed by atoms with Crippen LogP contribution in [0.2, 0.25) is 0 Å². The van der Waals surface area contributed by atoms with Crippen molar-refractivity contribution in [3.8, 4) is 0 Å². The van der Waals surface area contributed by atoms with Gasteiger partial charge in [0.2, 0.25) is 5.91 Å². The molecule has 1 saturated heterocycles. The van der Waals surface area contributed by atoms with Crippen LogP contribution in [0, 0.1) is 0 Å². The Hall–Kier alpha value is -1.30. The Balaban J connectivity index is 1.68. The van der Waals surface area contributed by atoms with Gasteiger partial charge in [-0.3, -0.25) is 4.79 Å². The lowest BCUT2D eigenvalue weighted by atomic mass is 10.1. The van der Waals surface area contributed by atoms with Crippen LogP contribution in [0.4, 0.5) is 4.79 Å². The van der Waals surface area contributed by atoms with Crippen LogP contribution in [-0.2, 0) is 9.53 Å². The lowest BCUT2D eigenvalue weighted by molar-refractivity contribution is -0.132. The van der Waals surface area contributed by atoms with Crippen molar-refractivity contribution in [2.75, 3.05) is 26.3 Å². The van der Waals surface area contributed by atoms with Crippen LogP contribution in [0.5, 0.6) is 0 Å². The first-order valence-electron chi connectivity index (χ1n) is 8.06. The second-order valence-corrected chi connectivity index (χ2v) is 5.94. The standard InChI is InChI=1S/C15H27N3O3/c1-12(19)18(14-6-10-21-11-7-14)9-8-16-15(20)17-13-4-2-3-5-13/h13-14H,2-11H2,1H3,(H2,16,17,20). The van der Waals surface area contributed by atoms with Gasteiger partial charge in [-0.05, 0) is 25.7 Å². The highest BCUT2D eigenvalue weighted by molar-refractivity contribution is 5.75. The van der Waals surface area contributed by atoms with Gasteiger partial charge < -0.3 is 20.3 Å². The van der Waals surface area contributed by atoms with E-state index in [0.29, 0.717) is 32.3 Å². The third kappa shape index (κ3) is 5.19. The van der Waals surface area contributed by atoms with Gasteiger partial charge in [0.25, 0.3) is 0 Å². The molecule has 1 saturated carbocycles. The van der Waals surface area contributed by atoms with E-state index in [1.54, 1.807) is 6.92 Å². The normalized spacial score (nSPS) is 20.2. The highest BCUT2D eigenvalue weighted by Crippen LogP contribution is 2.17. The van der Waals surface area contributed by atoms with Gasteiger partial charge in [-0.25, -0.2) is 4.79 Å². The number of nitrogens with zero attached hydrogens (tertiary/aromatic N) is 1. The summed E-state index contributed by atoms with van der Waals surface area (Å²) < 4.78 is 5.33. The Morgan fingerprint density at radius 1 is 1.14 bits per heavy atom. The number of ether oxygens (including phenoxy) is 1. The smallest absolute Gasteiger partial charge is 0.315 e. The molecule has 120 valence electrons. The lowest BCUT2D eigenvalue weighted by Crippen LogP contribution is -2.48. The minimum Gasteiger partial charge on any atom is -0.381 e. The molecule has 6 heteroatoms. The number of rotatable bonds is 5. The second-order valence-electron chi connectivity index (χ2n) is 5.94. The second kappa shape index (κ2) is 8.22. The molecule has 21 heavy (non-hydrogen) atoms. The monoisotopic (exact) mass is 297 g/mol. The van der Waals surface area contributed by atoms with Crippen LogP contribution in [0.25, 0.3) is 0 Å². The number of amides is 3. The summed E-state index contributed by atoms with van der Waals surface area (Å²) in [5.74, 6) is 0.0694. The SMILES string of the molecule is CC(=O)N(CCNC(=O)NC1CCCC1)C1CCOCC1. The van der Waals surface area contributed by atoms with E-state index < -0.39 is 0 Å². The number of carbonyl (C=O) groups excluding carboxylic acids is 2. The van der Waals surface area contributed by atoms with Crippen LogP contribution < -0.4 is 10.6 Å². The van der Waals surface area contributed by atoms with E-state index in [1.807, 2.05) is 4.90 Å². The predicted octanol–water partition coefficient (Wildman–Crippen LogP) is 1.26. The molecule has 1 aliphatic carbocycles. The van der Waals surface area contributed by atoms with E-state index in [1.165, 1.54) is 12.8 Å². The van der Waals surface area contributed by atoms with Crippen LogP contribution in [0.1, 0.15) is 45.4 Å². The van der Waals surface area contributed by atoms with E-state index in [9.17, 15) is 9.59 Å². The molecular weight excluding hydrogens is 270 g/mol. The summed E-state index contributed by atoms with van der Waals surface area (Å²) in [6.07, 6.45) is 6.32. The molecule has 0 atom stereocenters. The summed E-state index contributed by atoms with van der Waals surface area (Å²) in [5.41, 5.74) is 0. The maximum Gasteiger partial charge on any atom is 0.315 e. The molecule has 1 aliphatic heterocycles. The maximum atomic E-state index is 11.8. The molecule has 0 aromatic heterocycles. The summed E-state index contributed by atoms with van der Waals surface area (Å²) in [7, 11) is 0.